The van der Waals surface area contributed by atoms with Crippen LogP contribution in [-0.2, 0) is 6.42 Å². The summed E-state index contributed by atoms with van der Waals surface area (Å²) in [5, 5.41) is 4.01. The minimum Gasteiger partial charge on any atom is -0.467 e. The van der Waals surface area contributed by atoms with Crippen LogP contribution < -0.4 is 10.1 Å². The van der Waals surface area contributed by atoms with Gasteiger partial charge in [0.2, 0.25) is 0 Å². The molecule has 2 aromatic rings. The summed E-state index contributed by atoms with van der Waals surface area (Å²) in [6, 6.07) is 10.8. The van der Waals surface area contributed by atoms with Gasteiger partial charge < -0.3 is 10.1 Å². The van der Waals surface area contributed by atoms with Crippen molar-refractivity contribution in [2.75, 3.05) is 13.7 Å². The van der Waals surface area contributed by atoms with Crippen LogP contribution in [0.2, 0.25) is 5.02 Å². The minimum atomic E-state index is 0.165. The first kappa shape index (κ1) is 14.8. The molecule has 5 heteroatoms. The second-order valence-corrected chi connectivity index (χ2v) is 4.78. The fraction of sp³-hybridized carbons (Fsp3) is 0.333. The quantitative estimate of drug-likeness (QED) is 0.889. The molecule has 1 atom stereocenters. The first-order valence-electron chi connectivity index (χ1n) is 6.58. The van der Waals surface area contributed by atoms with Gasteiger partial charge in [-0.3, -0.25) is 0 Å². The number of likely N-dealkylation sites (N-methyl/N-ethyl adjacent to an activating group) is 1. The number of halogens is 1. The number of nitrogens with zero attached hydrogens (tertiary/aromatic N) is 2. The van der Waals surface area contributed by atoms with E-state index in [1.807, 2.05) is 18.2 Å². The summed E-state index contributed by atoms with van der Waals surface area (Å²) in [5.41, 5.74) is 2.00. The molecule has 0 aliphatic rings. The Morgan fingerprint density at radius 3 is 2.70 bits per heavy atom. The Balaban J connectivity index is 2.24. The third-order valence-corrected chi connectivity index (χ3v) is 3.34. The Kier molecular flexibility index (Phi) is 5.32. The Hall–Kier alpha value is -1.65. The molecule has 0 fully saturated rings. The van der Waals surface area contributed by atoms with Crippen LogP contribution in [0.1, 0.15) is 24.2 Å². The zero-order chi connectivity index (χ0) is 14.4. The van der Waals surface area contributed by atoms with Crippen molar-refractivity contribution in [3.63, 3.8) is 0 Å². The average Bonchev–Trinajstić information content (AvgIpc) is 2.49. The van der Waals surface area contributed by atoms with Crippen LogP contribution in [0, 0.1) is 0 Å². The Labute approximate surface area is 124 Å². The maximum atomic E-state index is 6.18. The number of nitrogens with one attached hydrogen (secondary N) is 1. The molecule has 0 spiro atoms. The van der Waals surface area contributed by atoms with Crippen LogP contribution in [0.5, 0.6) is 6.01 Å². The molecule has 1 N–H and O–H groups in total. The van der Waals surface area contributed by atoms with Crippen LogP contribution in [0.4, 0.5) is 0 Å². The number of methoxy groups -OCH3 is 1. The predicted octanol–water partition coefficient (Wildman–Crippen LogP) is 3.03. The molecular formula is C15H18ClN3O. The summed E-state index contributed by atoms with van der Waals surface area (Å²) in [4.78, 5) is 8.33. The van der Waals surface area contributed by atoms with E-state index in [0.717, 1.165) is 12.2 Å². The van der Waals surface area contributed by atoms with Gasteiger partial charge in [-0.2, -0.15) is 4.98 Å². The monoisotopic (exact) mass is 291 g/mol. The van der Waals surface area contributed by atoms with E-state index in [4.69, 9.17) is 16.3 Å². The van der Waals surface area contributed by atoms with E-state index in [0.29, 0.717) is 17.5 Å². The lowest BCUT2D eigenvalue weighted by atomic mass is 10.0. The van der Waals surface area contributed by atoms with Crippen molar-refractivity contribution in [1.82, 2.24) is 15.3 Å². The van der Waals surface area contributed by atoms with Gasteiger partial charge in [0, 0.05) is 12.5 Å². The molecule has 1 aromatic heterocycles. The van der Waals surface area contributed by atoms with Gasteiger partial charge in [0.05, 0.1) is 24.0 Å². The molecule has 1 unspecified atom stereocenters. The smallest absolute Gasteiger partial charge is 0.316 e. The lowest BCUT2D eigenvalue weighted by molar-refractivity contribution is 0.377. The molecule has 106 valence electrons. The van der Waals surface area contributed by atoms with Crippen molar-refractivity contribution in [3.8, 4) is 6.01 Å². The fourth-order valence-corrected chi connectivity index (χ4v) is 2.23. The van der Waals surface area contributed by atoms with Gasteiger partial charge in [0.15, 0.2) is 0 Å². The summed E-state index contributed by atoms with van der Waals surface area (Å²) < 4.78 is 5.06. The standard InChI is InChI=1S/C15H18ClN3O/c1-3-17-13(11-7-5-4-6-8-11)9-14-12(16)10-18-15(19-14)20-2/h4-8,10,13,17H,3,9H2,1-2H3. The number of aromatic nitrogens is 2. The molecular weight excluding hydrogens is 274 g/mol. The molecule has 0 amide bonds. The second kappa shape index (κ2) is 7.22. The van der Waals surface area contributed by atoms with Gasteiger partial charge in [0.25, 0.3) is 0 Å². The van der Waals surface area contributed by atoms with Gasteiger partial charge in [-0.05, 0) is 12.1 Å². The summed E-state index contributed by atoms with van der Waals surface area (Å²) in [6.45, 7) is 2.96. The van der Waals surface area contributed by atoms with Crippen molar-refractivity contribution in [2.45, 2.75) is 19.4 Å². The molecule has 20 heavy (non-hydrogen) atoms. The van der Waals surface area contributed by atoms with E-state index in [9.17, 15) is 0 Å². The zero-order valence-electron chi connectivity index (χ0n) is 11.6. The van der Waals surface area contributed by atoms with Crippen molar-refractivity contribution < 1.29 is 4.74 Å². The lowest BCUT2D eigenvalue weighted by Crippen LogP contribution is -2.23. The van der Waals surface area contributed by atoms with E-state index in [-0.39, 0.29) is 6.04 Å². The fourth-order valence-electron chi connectivity index (χ4n) is 2.06. The maximum Gasteiger partial charge on any atom is 0.316 e. The second-order valence-electron chi connectivity index (χ2n) is 4.38. The highest BCUT2D eigenvalue weighted by Crippen LogP contribution is 2.23. The maximum absolute atomic E-state index is 6.18. The summed E-state index contributed by atoms with van der Waals surface area (Å²) >= 11 is 6.18. The molecule has 0 saturated carbocycles. The van der Waals surface area contributed by atoms with Gasteiger partial charge in [-0.25, -0.2) is 4.98 Å². The van der Waals surface area contributed by atoms with Crippen LogP contribution >= 0.6 is 11.6 Å². The topological polar surface area (TPSA) is 47.0 Å². The molecule has 4 nitrogen and oxygen atoms in total. The molecule has 0 radical (unpaired) electrons. The van der Waals surface area contributed by atoms with Crippen LogP contribution in [-0.4, -0.2) is 23.6 Å². The first-order chi connectivity index (χ1) is 9.74. The third-order valence-electron chi connectivity index (χ3n) is 3.03. The molecule has 1 heterocycles. The van der Waals surface area contributed by atoms with Crippen molar-refractivity contribution in [3.05, 3.63) is 52.8 Å². The van der Waals surface area contributed by atoms with Crippen LogP contribution in [0.15, 0.2) is 36.5 Å². The third kappa shape index (κ3) is 3.68. The van der Waals surface area contributed by atoms with Crippen LogP contribution in [0.3, 0.4) is 0 Å². The van der Waals surface area contributed by atoms with Crippen molar-refractivity contribution in [1.29, 1.82) is 0 Å². The highest BCUT2D eigenvalue weighted by Gasteiger charge is 2.15. The highest BCUT2D eigenvalue weighted by atomic mass is 35.5. The normalized spacial score (nSPS) is 12.2. The lowest BCUT2D eigenvalue weighted by Gasteiger charge is -2.18. The van der Waals surface area contributed by atoms with E-state index in [1.54, 1.807) is 13.3 Å². The first-order valence-corrected chi connectivity index (χ1v) is 6.96. The molecule has 0 saturated heterocycles. The molecule has 0 bridgehead atoms. The minimum absolute atomic E-state index is 0.165. The zero-order valence-corrected chi connectivity index (χ0v) is 12.4. The molecule has 2 rings (SSSR count). The molecule has 1 aromatic carbocycles. The summed E-state index contributed by atoms with van der Waals surface area (Å²) in [6.07, 6.45) is 2.27. The molecule has 0 aliphatic carbocycles. The number of rotatable bonds is 6. The largest absolute Gasteiger partial charge is 0.467 e. The number of hydrogen-bond acceptors (Lipinski definition) is 4. The van der Waals surface area contributed by atoms with Crippen molar-refractivity contribution in [2.24, 2.45) is 0 Å². The van der Waals surface area contributed by atoms with Crippen molar-refractivity contribution >= 4 is 11.6 Å². The SMILES string of the molecule is CCNC(Cc1nc(OC)ncc1Cl)c1ccccc1. The van der Waals surface area contributed by atoms with Gasteiger partial charge in [0.1, 0.15) is 0 Å². The Morgan fingerprint density at radius 2 is 2.05 bits per heavy atom. The van der Waals surface area contributed by atoms with Crippen LogP contribution in [0.25, 0.3) is 0 Å². The number of benzene rings is 1. The number of hydrogen-bond donors (Lipinski definition) is 1. The van der Waals surface area contributed by atoms with E-state index in [2.05, 4.69) is 34.3 Å². The Bertz CT molecular complexity index is 548. The van der Waals surface area contributed by atoms with Gasteiger partial charge in [-0.15, -0.1) is 0 Å². The number of ether oxygens (including phenoxy) is 1. The Morgan fingerprint density at radius 1 is 1.30 bits per heavy atom. The summed E-state index contributed by atoms with van der Waals surface area (Å²) in [7, 11) is 1.55. The summed E-state index contributed by atoms with van der Waals surface area (Å²) in [5.74, 6) is 0. The van der Waals surface area contributed by atoms with E-state index in [1.165, 1.54) is 5.56 Å². The van der Waals surface area contributed by atoms with Gasteiger partial charge >= 0.3 is 6.01 Å². The van der Waals surface area contributed by atoms with E-state index >= 15 is 0 Å². The molecule has 0 aliphatic heterocycles. The predicted molar refractivity (Wildman–Crippen MR) is 80.2 cm³/mol. The van der Waals surface area contributed by atoms with E-state index < -0.39 is 0 Å². The van der Waals surface area contributed by atoms with Gasteiger partial charge in [-0.1, -0.05) is 48.9 Å². The highest BCUT2D eigenvalue weighted by molar-refractivity contribution is 6.31. The average molecular weight is 292 g/mol.